The lowest BCUT2D eigenvalue weighted by Gasteiger charge is -2.12. The molecule has 20 heavy (non-hydrogen) atoms. The Hall–Kier alpha value is -2.15. The number of fused-ring (bicyclic) bond motifs is 1. The summed E-state index contributed by atoms with van der Waals surface area (Å²) >= 11 is 0. The molecule has 2 heterocycles. The molecular formula is C13H19N5O2. The van der Waals surface area contributed by atoms with Gasteiger partial charge in [0.25, 0.3) is 5.56 Å². The molecule has 1 aliphatic rings. The lowest BCUT2D eigenvalue weighted by Crippen LogP contribution is -2.13. The molecule has 0 saturated heterocycles. The fraction of sp³-hybridized carbons (Fsp3) is 0.462. The fourth-order valence-corrected chi connectivity index (χ4v) is 2.28. The Morgan fingerprint density at radius 2 is 2.25 bits per heavy atom. The molecule has 4 N–H and O–H groups in total. The molecule has 108 valence electrons. The van der Waals surface area contributed by atoms with Gasteiger partial charge < -0.3 is 15.4 Å². The zero-order chi connectivity index (χ0) is 14.7. The number of nitrogens with one attached hydrogen (secondary N) is 1. The largest absolute Gasteiger partial charge is 0.396 e. The number of aromatic amines is 1. The van der Waals surface area contributed by atoms with Crippen LogP contribution in [-0.4, -0.2) is 31.2 Å². The third kappa shape index (κ3) is 2.44. The minimum atomic E-state index is -0.336. The van der Waals surface area contributed by atoms with Crippen LogP contribution in [-0.2, 0) is 0 Å². The predicted octanol–water partition coefficient (Wildman–Crippen LogP) is 0.837. The summed E-state index contributed by atoms with van der Waals surface area (Å²) in [7, 11) is 0. The number of nitrogens with zero attached hydrogens (tertiary/aromatic N) is 3. The summed E-state index contributed by atoms with van der Waals surface area (Å²) in [4.78, 5) is 22.2. The van der Waals surface area contributed by atoms with Crippen molar-refractivity contribution in [3.8, 4) is 0 Å². The summed E-state index contributed by atoms with van der Waals surface area (Å²) in [6, 6.07) is 0.0563. The lowest BCUT2D eigenvalue weighted by atomic mass is 10.1. The average molecular weight is 277 g/mol. The highest BCUT2D eigenvalue weighted by molar-refractivity contribution is 5.70. The number of aliphatic hydroxyl groups is 1. The second-order valence-electron chi connectivity index (χ2n) is 4.41. The molecule has 0 bridgehead atoms. The third-order valence-electron chi connectivity index (χ3n) is 3.19. The first-order chi connectivity index (χ1) is 9.69. The quantitative estimate of drug-likeness (QED) is 0.704. The van der Waals surface area contributed by atoms with E-state index < -0.39 is 0 Å². The number of hydrogen-bond donors (Lipinski definition) is 3. The molecule has 7 nitrogen and oxygen atoms in total. The van der Waals surface area contributed by atoms with E-state index in [1.54, 1.807) is 6.33 Å². The van der Waals surface area contributed by atoms with Crippen molar-refractivity contribution in [2.24, 2.45) is 5.92 Å². The van der Waals surface area contributed by atoms with Crippen molar-refractivity contribution in [1.82, 2.24) is 19.5 Å². The predicted molar refractivity (Wildman–Crippen MR) is 77.3 cm³/mol. The van der Waals surface area contributed by atoms with Crippen molar-refractivity contribution in [3.63, 3.8) is 0 Å². The Morgan fingerprint density at radius 1 is 1.50 bits per heavy atom. The van der Waals surface area contributed by atoms with Gasteiger partial charge in [0.1, 0.15) is 0 Å². The molecule has 7 heteroatoms. The topological polar surface area (TPSA) is 110 Å². The number of hydrogen-bond acceptors (Lipinski definition) is 5. The molecule has 0 amide bonds. The lowest BCUT2D eigenvalue weighted by molar-refractivity contribution is 0.244. The number of nitrogen functional groups attached to an aromatic ring is 1. The maximum Gasteiger partial charge on any atom is 0.280 e. The SMILES string of the molecule is CC.Nc1nc2c(ncn2C2C=CC(CO)C2)c(=O)[nH]1. The van der Waals surface area contributed by atoms with Crippen LogP contribution in [0.5, 0.6) is 0 Å². The van der Waals surface area contributed by atoms with Crippen molar-refractivity contribution in [2.75, 3.05) is 12.3 Å². The van der Waals surface area contributed by atoms with Gasteiger partial charge in [-0.1, -0.05) is 26.0 Å². The van der Waals surface area contributed by atoms with Crippen LogP contribution in [0, 0.1) is 5.92 Å². The number of aromatic nitrogens is 4. The van der Waals surface area contributed by atoms with Crippen LogP contribution in [0.25, 0.3) is 11.2 Å². The first-order valence-electron chi connectivity index (χ1n) is 6.70. The zero-order valence-electron chi connectivity index (χ0n) is 11.6. The highest BCUT2D eigenvalue weighted by atomic mass is 16.3. The summed E-state index contributed by atoms with van der Waals surface area (Å²) in [6.07, 6.45) is 6.31. The average Bonchev–Trinajstić information content (AvgIpc) is 3.06. The van der Waals surface area contributed by atoms with Crippen LogP contribution in [0.2, 0.25) is 0 Å². The van der Waals surface area contributed by atoms with Gasteiger partial charge in [-0.15, -0.1) is 0 Å². The number of anilines is 1. The van der Waals surface area contributed by atoms with Crippen molar-refractivity contribution in [1.29, 1.82) is 0 Å². The van der Waals surface area contributed by atoms with Gasteiger partial charge in [0, 0.05) is 12.5 Å². The molecule has 0 aliphatic heterocycles. The molecule has 2 aromatic heterocycles. The molecule has 3 rings (SSSR count). The van der Waals surface area contributed by atoms with E-state index in [0.29, 0.717) is 5.65 Å². The Labute approximate surface area is 116 Å². The monoisotopic (exact) mass is 277 g/mol. The number of aliphatic hydroxyl groups excluding tert-OH is 1. The Balaban J connectivity index is 0.000000704. The maximum absolute atomic E-state index is 11.6. The first-order valence-corrected chi connectivity index (χ1v) is 6.70. The molecule has 2 aromatic rings. The van der Waals surface area contributed by atoms with Gasteiger partial charge in [-0.05, 0) is 6.42 Å². The smallest absolute Gasteiger partial charge is 0.280 e. The number of H-pyrrole nitrogens is 1. The number of allylic oxidation sites excluding steroid dienone is 1. The van der Waals surface area contributed by atoms with E-state index >= 15 is 0 Å². The van der Waals surface area contributed by atoms with Crippen LogP contribution in [0.3, 0.4) is 0 Å². The van der Waals surface area contributed by atoms with Gasteiger partial charge in [0.2, 0.25) is 5.95 Å². The molecule has 0 aromatic carbocycles. The highest BCUT2D eigenvalue weighted by Gasteiger charge is 2.22. The fourth-order valence-electron chi connectivity index (χ4n) is 2.28. The summed E-state index contributed by atoms with van der Waals surface area (Å²) in [5.74, 6) is 0.224. The van der Waals surface area contributed by atoms with E-state index in [4.69, 9.17) is 10.8 Å². The molecule has 0 spiro atoms. The minimum absolute atomic E-state index is 0.0563. The van der Waals surface area contributed by atoms with Gasteiger partial charge in [0.05, 0.1) is 12.4 Å². The Bertz CT molecular complexity index is 673. The second kappa shape index (κ2) is 5.87. The maximum atomic E-state index is 11.6. The molecular weight excluding hydrogens is 258 g/mol. The molecule has 0 fully saturated rings. The molecule has 0 radical (unpaired) electrons. The van der Waals surface area contributed by atoms with E-state index in [2.05, 4.69) is 15.0 Å². The van der Waals surface area contributed by atoms with E-state index in [9.17, 15) is 4.79 Å². The van der Waals surface area contributed by atoms with Gasteiger partial charge in [-0.2, -0.15) is 4.98 Å². The van der Waals surface area contributed by atoms with Crippen molar-refractivity contribution in [2.45, 2.75) is 26.3 Å². The zero-order valence-corrected chi connectivity index (χ0v) is 11.6. The molecule has 2 atom stereocenters. The van der Waals surface area contributed by atoms with Gasteiger partial charge >= 0.3 is 0 Å². The number of imidazole rings is 1. The van der Waals surface area contributed by atoms with E-state index in [0.717, 1.165) is 6.42 Å². The first kappa shape index (κ1) is 14.3. The molecule has 1 aliphatic carbocycles. The van der Waals surface area contributed by atoms with Gasteiger partial charge in [-0.3, -0.25) is 9.78 Å². The van der Waals surface area contributed by atoms with Gasteiger partial charge in [-0.25, -0.2) is 4.98 Å². The van der Waals surface area contributed by atoms with E-state index in [1.807, 2.05) is 30.6 Å². The Morgan fingerprint density at radius 3 is 2.90 bits per heavy atom. The molecule has 2 unspecified atom stereocenters. The number of rotatable bonds is 2. The summed E-state index contributed by atoms with van der Waals surface area (Å²) < 4.78 is 1.81. The van der Waals surface area contributed by atoms with Crippen LogP contribution >= 0.6 is 0 Å². The van der Waals surface area contributed by atoms with Crippen molar-refractivity contribution >= 4 is 17.1 Å². The van der Waals surface area contributed by atoms with Crippen molar-refractivity contribution < 1.29 is 5.11 Å². The van der Waals surface area contributed by atoms with Crippen LogP contribution in [0.15, 0.2) is 23.3 Å². The Kier molecular flexibility index (Phi) is 4.19. The van der Waals surface area contributed by atoms with Gasteiger partial charge in [0.15, 0.2) is 11.2 Å². The number of nitrogens with two attached hydrogens (primary N) is 1. The standard InChI is InChI=1S/C11H13N5O2.C2H6/c12-11-14-9-8(10(18)15-11)13-5-16(9)7-2-1-6(3-7)4-17;1-2/h1-2,5-7,17H,3-4H2,(H3,12,14,15,18);1-2H3. The van der Waals surface area contributed by atoms with E-state index in [1.165, 1.54) is 0 Å². The highest BCUT2D eigenvalue weighted by Crippen LogP contribution is 2.29. The normalized spacial score (nSPS) is 20.9. The summed E-state index contributed by atoms with van der Waals surface area (Å²) in [6.45, 7) is 4.12. The third-order valence-corrected chi connectivity index (χ3v) is 3.19. The minimum Gasteiger partial charge on any atom is -0.396 e. The summed E-state index contributed by atoms with van der Waals surface area (Å²) in [5.41, 5.74) is 5.96. The van der Waals surface area contributed by atoms with Crippen LogP contribution in [0.4, 0.5) is 5.95 Å². The second-order valence-corrected chi connectivity index (χ2v) is 4.41. The van der Waals surface area contributed by atoms with E-state index in [-0.39, 0.29) is 35.6 Å². The van der Waals surface area contributed by atoms with Crippen molar-refractivity contribution in [3.05, 3.63) is 28.8 Å². The molecule has 0 saturated carbocycles. The van der Waals surface area contributed by atoms with Crippen LogP contribution in [0.1, 0.15) is 26.3 Å². The van der Waals surface area contributed by atoms with Crippen LogP contribution < -0.4 is 11.3 Å². The summed E-state index contributed by atoms with van der Waals surface area (Å²) in [5, 5.41) is 9.12.